The van der Waals surface area contributed by atoms with Crippen LogP contribution >= 0.6 is 0 Å². The van der Waals surface area contributed by atoms with Crippen LogP contribution in [0.3, 0.4) is 0 Å². The monoisotopic (exact) mass is 204 g/mol. The summed E-state index contributed by atoms with van der Waals surface area (Å²) in [4.78, 5) is 0. The molecule has 0 saturated heterocycles. The molecule has 0 atom stereocenters. The van der Waals surface area contributed by atoms with Gasteiger partial charge in [-0.25, -0.2) is 8.42 Å². The predicted octanol–water partition coefficient (Wildman–Crippen LogP) is 2.25. The van der Waals surface area contributed by atoms with Crippen LogP contribution in [-0.4, -0.2) is 20.4 Å². The maximum Gasteiger partial charge on any atom is 0.147 e. The van der Waals surface area contributed by atoms with E-state index in [1.807, 2.05) is 0 Å². The van der Waals surface area contributed by atoms with Gasteiger partial charge in [0.25, 0.3) is 0 Å². The lowest BCUT2D eigenvalue weighted by molar-refractivity contribution is 0.285. The summed E-state index contributed by atoms with van der Waals surface area (Å²) in [5.74, 6) is 1.91. The lowest BCUT2D eigenvalue weighted by atomic mass is 9.82. The molecule has 1 fully saturated rings. The average Bonchev–Trinajstić information content (AvgIpc) is 2.02. The zero-order chi connectivity index (χ0) is 9.90. The minimum atomic E-state index is -2.74. The number of sulfone groups is 1. The summed E-state index contributed by atoms with van der Waals surface area (Å²) in [5, 5.41) is 0. The molecule has 0 radical (unpaired) electrons. The quantitative estimate of drug-likeness (QED) is 0.706. The molecular formula is C10H20O2S. The molecule has 0 spiro atoms. The highest BCUT2D eigenvalue weighted by molar-refractivity contribution is 7.90. The summed E-state index contributed by atoms with van der Waals surface area (Å²) >= 11 is 0. The van der Waals surface area contributed by atoms with Crippen LogP contribution in [0.2, 0.25) is 0 Å². The largest absolute Gasteiger partial charge is 0.229 e. The first-order valence-corrected chi connectivity index (χ1v) is 7.21. The molecule has 0 amide bonds. The van der Waals surface area contributed by atoms with Crippen molar-refractivity contribution in [3.05, 3.63) is 0 Å². The van der Waals surface area contributed by atoms with Crippen LogP contribution in [0.4, 0.5) is 0 Å². The maximum atomic E-state index is 10.9. The Kier molecular flexibility index (Phi) is 3.77. The summed E-state index contributed by atoms with van der Waals surface area (Å²) in [6, 6.07) is 0. The lowest BCUT2D eigenvalue weighted by Gasteiger charge is -2.25. The van der Waals surface area contributed by atoms with Crippen molar-refractivity contribution >= 4 is 9.84 Å². The van der Waals surface area contributed by atoms with Gasteiger partial charge in [0, 0.05) is 6.26 Å². The van der Waals surface area contributed by atoms with Gasteiger partial charge in [-0.05, 0) is 18.3 Å². The summed E-state index contributed by atoms with van der Waals surface area (Å²) in [6.07, 6.45) is 7.25. The van der Waals surface area contributed by atoms with E-state index < -0.39 is 9.84 Å². The van der Waals surface area contributed by atoms with Gasteiger partial charge in [0.1, 0.15) is 9.84 Å². The second-order valence-corrected chi connectivity index (χ2v) is 6.80. The number of hydrogen-bond acceptors (Lipinski definition) is 2. The standard InChI is InChI=1S/C10H20O2S/c1-9-3-5-10(6-4-9)7-8-13(2,11)12/h9-10H,3-8H2,1-2H3/t9-,10-. The fourth-order valence-corrected chi connectivity index (χ4v) is 2.76. The highest BCUT2D eigenvalue weighted by atomic mass is 32.2. The molecule has 3 heteroatoms. The Morgan fingerprint density at radius 2 is 1.69 bits per heavy atom. The smallest absolute Gasteiger partial charge is 0.147 e. The van der Waals surface area contributed by atoms with Crippen molar-refractivity contribution in [2.45, 2.75) is 39.0 Å². The van der Waals surface area contributed by atoms with Gasteiger partial charge in [0.15, 0.2) is 0 Å². The van der Waals surface area contributed by atoms with Crippen LogP contribution in [0.5, 0.6) is 0 Å². The van der Waals surface area contributed by atoms with Crippen LogP contribution in [-0.2, 0) is 9.84 Å². The zero-order valence-electron chi connectivity index (χ0n) is 8.62. The Morgan fingerprint density at radius 1 is 1.15 bits per heavy atom. The summed E-state index contributed by atoms with van der Waals surface area (Å²) in [5.41, 5.74) is 0. The summed E-state index contributed by atoms with van der Waals surface area (Å²) < 4.78 is 21.9. The first-order chi connectivity index (χ1) is 5.97. The third-order valence-electron chi connectivity index (χ3n) is 3.03. The van der Waals surface area contributed by atoms with E-state index in [9.17, 15) is 8.42 Å². The Balaban J connectivity index is 2.24. The highest BCUT2D eigenvalue weighted by Crippen LogP contribution is 2.30. The van der Waals surface area contributed by atoms with Crippen LogP contribution in [0, 0.1) is 11.8 Å². The van der Waals surface area contributed by atoms with Gasteiger partial charge >= 0.3 is 0 Å². The molecule has 2 nitrogen and oxygen atoms in total. The van der Waals surface area contributed by atoms with Gasteiger partial charge in [0.2, 0.25) is 0 Å². The Bertz CT molecular complexity index is 236. The fourth-order valence-electron chi connectivity index (χ4n) is 2.00. The van der Waals surface area contributed by atoms with Crippen LogP contribution in [0.15, 0.2) is 0 Å². The molecule has 0 aromatic heterocycles. The second-order valence-electron chi connectivity index (χ2n) is 4.54. The molecule has 0 bridgehead atoms. The predicted molar refractivity (Wildman–Crippen MR) is 55.4 cm³/mol. The van der Waals surface area contributed by atoms with Crippen molar-refractivity contribution in [1.29, 1.82) is 0 Å². The molecule has 0 aromatic rings. The van der Waals surface area contributed by atoms with Gasteiger partial charge in [-0.2, -0.15) is 0 Å². The Hall–Kier alpha value is -0.0500. The number of rotatable bonds is 3. The molecule has 1 saturated carbocycles. The molecule has 0 unspecified atom stereocenters. The van der Waals surface area contributed by atoms with Crippen LogP contribution in [0.1, 0.15) is 39.0 Å². The van der Waals surface area contributed by atoms with Crippen molar-refractivity contribution in [3.63, 3.8) is 0 Å². The first-order valence-electron chi connectivity index (χ1n) is 5.15. The van der Waals surface area contributed by atoms with E-state index in [1.165, 1.54) is 31.9 Å². The normalized spacial score (nSPS) is 30.3. The van der Waals surface area contributed by atoms with E-state index in [2.05, 4.69) is 6.92 Å². The van der Waals surface area contributed by atoms with E-state index in [1.54, 1.807) is 0 Å². The second kappa shape index (κ2) is 4.45. The fraction of sp³-hybridized carbons (Fsp3) is 1.00. The van der Waals surface area contributed by atoms with Gasteiger partial charge in [-0.1, -0.05) is 32.6 Å². The minimum Gasteiger partial charge on any atom is -0.229 e. The SMILES string of the molecule is CS(=O)(=O)CC[C@H]1CC[C@H](C)CC1. The van der Waals surface area contributed by atoms with Gasteiger partial charge in [-0.15, -0.1) is 0 Å². The first kappa shape index (κ1) is 11.0. The minimum absolute atomic E-state index is 0.381. The molecule has 1 rings (SSSR count). The topological polar surface area (TPSA) is 34.1 Å². The molecular weight excluding hydrogens is 184 g/mol. The van der Waals surface area contributed by atoms with Gasteiger partial charge in [0.05, 0.1) is 5.75 Å². The molecule has 0 aromatic carbocycles. The lowest BCUT2D eigenvalue weighted by Crippen LogP contribution is -2.15. The molecule has 13 heavy (non-hydrogen) atoms. The van der Waals surface area contributed by atoms with Gasteiger partial charge in [-0.3, -0.25) is 0 Å². The Labute approximate surface area is 81.6 Å². The maximum absolute atomic E-state index is 10.9. The zero-order valence-corrected chi connectivity index (χ0v) is 9.44. The third kappa shape index (κ3) is 4.65. The third-order valence-corrected chi connectivity index (χ3v) is 4.01. The molecule has 1 aliphatic carbocycles. The van der Waals surface area contributed by atoms with E-state index in [-0.39, 0.29) is 0 Å². The number of hydrogen-bond donors (Lipinski definition) is 0. The van der Waals surface area contributed by atoms with E-state index in [0.29, 0.717) is 11.7 Å². The van der Waals surface area contributed by atoms with Crippen molar-refractivity contribution in [3.8, 4) is 0 Å². The van der Waals surface area contributed by atoms with E-state index in [4.69, 9.17) is 0 Å². The van der Waals surface area contributed by atoms with Gasteiger partial charge < -0.3 is 0 Å². The summed E-state index contributed by atoms with van der Waals surface area (Å²) in [6.45, 7) is 2.28. The molecule has 1 aliphatic rings. The molecule has 0 N–H and O–H groups in total. The van der Waals surface area contributed by atoms with Crippen LogP contribution < -0.4 is 0 Å². The van der Waals surface area contributed by atoms with Crippen molar-refractivity contribution in [2.24, 2.45) is 11.8 Å². The Morgan fingerprint density at radius 3 is 2.15 bits per heavy atom. The van der Waals surface area contributed by atoms with E-state index >= 15 is 0 Å². The van der Waals surface area contributed by atoms with E-state index in [0.717, 1.165) is 12.3 Å². The molecule has 78 valence electrons. The summed E-state index contributed by atoms with van der Waals surface area (Å²) in [7, 11) is -2.74. The van der Waals surface area contributed by atoms with Crippen molar-refractivity contribution in [2.75, 3.05) is 12.0 Å². The van der Waals surface area contributed by atoms with Crippen molar-refractivity contribution in [1.82, 2.24) is 0 Å². The highest BCUT2D eigenvalue weighted by Gasteiger charge is 2.19. The molecule has 0 aliphatic heterocycles. The average molecular weight is 204 g/mol. The van der Waals surface area contributed by atoms with Crippen molar-refractivity contribution < 1.29 is 8.42 Å². The molecule has 0 heterocycles. The van der Waals surface area contributed by atoms with Crippen LogP contribution in [0.25, 0.3) is 0 Å².